The highest BCUT2D eigenvalue weighted by Crippen LogP contribution is 2.38. The highest BCUT2D eigenvalue weighted by molar-refractivity contribution is 7.15. The Morgan fingerprint density at radius 2 is 2.10 bits per heavy atom. The Hall–Kier alpha value is -1.78. The van der Waals surface area contributed by atoms with Gasteiger partial charge >= 0.3 is 0 Å². The van der Waals surface area contributed by atoms with Gasteiger partial charge in [-0.3, -0.25) is 4.98 Å². The third-order valence-electron chi connectivity index (χ3n) is 3.87. The van der Waals surface area contributed by atoms with Crippen molar-refractivity contribution in [3.05, 3.63) is 47.1 Å². The number of rotatable bonds is 1. The average molecular weight is 281 g/mol. The van der Waals surface area contributed by atoms with Gasteiger partial charge in [0.25, 0.3) is 0 Å². The number of hydrogen-bond acceptors (Lipinski definition) is 4. The number of fused-ring (bicyclic) bond motifs is 2. The maximum atomic E-state index is 6.21. The van der Waals surface area contributed by atoms with Crippen LogP contribution >= 0.6 is 11.3 Å². The maximum Gasteiger partial charge on any atom is 0.124 e. The van der Waals surface area contributed by atoms with Gasteiger partial charge in [-0.05, 0) is 31.4 Å². The first-order valence-corrected chi connectivity index (χ1v) is 7.74. The Morgan fingerprint density at radius 1 is 1.20 bits per heavy atom. The fourth-order valence-electron chi connectivity index (χ4n) is 2.85. The molecule has 1 atom stereocenters. The lowest BCUT2D eigenvalue weighted by molar-refractivity contribution is 0.573. The Balaban J connectivity index is 1.92. The number of para-hydroxylation sites is 1. The lowest BCUT2D eigenvalue weighted by atomic mass is 9.99. The summed E-state index contributed by atoms with van der Waals surface area (Å²) < 4.78 is 0. The van der Waals surface area contributed by atoms with E-state index >= 15 is 0 Å². The van der Waals surface area contributed by atoms with Crippen molar-refractivity contribution >= 4 is 22.2 Å². The predicted octanol–water partition coefficient (Wildman–Crippen LogP) is 3.69. The molecule has 1 aromatic carbocycles. The molecule has 1 aliphatic rings. The molecule has 0 aliphatic heterocycles. The van der Waals surface area contributed by atoms with Crippen LogP contribution in [0.1, 0.15) is 29.5 Å². The van der Waals surface area contributed by atoms with Crippen LogP contribution in [0.5, 0.6) is 0 Å². The number of nitrogens with two attached hydrogens (primary N) is 1. The van der Waals surface area contributed by atoms with Gasteiger partial charge in [-0.1, -0.05) is 18.2 Å². The lowest BCUT2D eigenvalue weighted by Gasteiger charge is -2.15. The summed E-state index contributed by atoms with van der Waals surface area (Å²) in [6, 6.07) is 10.4. The van der Waals surface area contributed by atoms with Crippen molar-refractivity contribution in [2.24, 2.45) is 5.73 Å². The second kappa shape index (κ2) is 4.65. The quantitative estimate of drug-likeness (QED) is 0.740. The number of nitrogens with zero attached hydrogens (tertiary/aromatic N) is 2. The molecule has 1 unspecified atom stereocenters. The van der Waals surface area contributed by atoms with Gasteiger partial charge in [0.15, 0.2) is 0 Å². The van der Waals surface area contributed by atoms with Crippen molar-refractivity contribution in [3.63, 3.8) is 0 Å². The van der Waals surface area contributed by atoms with Crippen molar-refractivity contribution in [1.82, 2.24) is 9.97 Å². The molecular weight excluding hydrogens is 266 g/mol. The molecule has 4 heteroatoms. The van der Waals surface area contributed by atoms with Crippen molar-refractivity contribution in [2.45, 2.75) is 25.3 Å². The van der Waals surface area contributed by atoms with Gasteiger partial charge in [0, 0.05) is 28.1 Å². The normalized spacial score (nSPS) is 18.1. The molecule has 3 nitrogen and oxygen atoms in total. The summed E-state index contributed by atoms with van der Waals surface area (Å²) in [6.45, 7) is 0. The fourth-order valence-corrected chi connectivity index (χ4v) is 4.04. The van der Waals surface area contributed by atoms with Crippen molar-refractivity contribution in [1.29, 1.82) is 0 Å². The van der Waals surface area contributed by atoms with Crippen LogP contribution in [-0.4, -0.2) is 9.97 Å². The van der Waals surface area contributed by atoms with Crippen molar-refractivity contribution < 1.29 is 0 Å². The van der Waals surface area contributed by atoms with Crippen molar-refractivity contribution in [3.8, 4) is 10.6 Å². The summed E-state index contributed by atoms with van der Waals surface area (Å²) in [5.41, 5.74) is 9.59. The van der Waals surface area contributed by atoms with E-state index in [-0.39, 0.29) is 6.04 Å². The minimum atomic E-state index is 0.165. The van der Waals surface area contributed by atoms with Gasteiger partial charge in [-0.2, -0.15) is 0 Å². The second-order valence-electron chi connectivity index (χ2n) is 5.20. The number of hydrogen-bond donors (Lipinski definition) is 1. The highest BCUT2D eigenvalue weighted by Gasteiger charge is 2.22. The zero-order chi connectivity index (χ0) is 13.5. The molecule has 100 valence electrons. The summed E-state index contributed by atoms with van der Waals surface area (Å²) in [6.07, 6.45) is 5.14. The SMILES string of the molecule is NC1CCCc2nc(-c3ccnc4ccccc34)sc21. The van der Waals surface area contributed by atoms with Crippen LogP contribution in [0.3, 0.4) is 0 Å². The Bertz CT molecular complexity index is 773. The smallest absolute Gasteiger partial charge is 0.124 e. The average Bonchev–Trinajstić information content (AvgIpc) is 2.92. The molecule has 3 aromatic rings. The summed E-state index contributed by atoms with van der Waals surface area (Å²) in [4.78, 5) is 10.5. The van der Waals surface area contributed by atoms with Crippen LogP contribution in [0, 0.1) is 0 Å². The monoisotopic (exact) mass is 281 g/mol. The summed E-state index contributed by atoms with van der Waals surface area (Å²) >= 11 is 1.75. The third kappa shape index (κ3) is 1.84. The summed E-state index contributed by atoms with van der Waals surface area (Å²) in [7, 11) is 0. The van der Waals surface area contributed by atoms with E-state index in [1.807, 2.05) is 24.4 Å². The minimum absolute atomic E-state index is 0.165. The molecule has 0 amide bonds. The molecule has 2 N–H and O–H groups in total. The molecule has 0 saturated heterocycles. The Kier molecular flexibility index (Phi) is 2.79. The molecule has 2 heterocycles. The topological polar surface area (TPSA) is 51.8 Å². The number of thiazole rings is 1. The number of aryl methyl sites for hydroxylation is 1. The molecule has 0 fully saturated rings. The molecule has 20 heavy (non-hydrogen) atoms. The lowest BCUT2D eigenvalue weighted by Crippen LogP contribution is -2.15. The van der Waals surface area contributed by atoms with E-state index in [1.54, 1.807) is 11.3 Å². The van der Waals surface area contributed by atoms with E-state index in [0.717, 1.165) is 35.2 Å². The van der Waals surface area contributed by atoms with Crippen LogP contribution in [0.4, 0.5) is 0 Å². The van der Waals surface area contributed by atoms with E-state index in [4.69, 9.17) is 10.7 Å². The van der Waals surface area contributed by atoms with Gasteiger partial charge in [0.1, 0.15) is 5.01 Å². The molecular formula is C16H15N3S. The Labute approximate surface area is 121 Å². The van der Waals surface area contributed by atoms with E-state index < -0.39 is 0 Å². The summed E-state index contributed by atoms with van der Waals surface area (Å²) in [5, 5.41) is 2.24. The van der Waals surface area contributed by atoms with Crippen LogP contribution in [0.2, 0.25) is 0 Å². The zero-order valence-corrected chi connectivity index (χ0v) is 11.9. The number of aromatic nitrogens is 2. The molecule has 2 aromatic heterocycles. The molecule has 4 rings (SSSR count). The van der Waals surface area contributed by atoms with Crippen LogP contribution < -0.4 is 5.73 Å². The molecule has 0 bridgehead atoms. The van der Waals surface area contributed by atoms with Gasteiger partial charge in [-0.15, -0.1) is 11.3 Å². The third-order valence-corrected chi connectivity index (χ3v) is 5.14. The van der Waals surface area contributed by atoms with Crippen LogP contribution in [0.25, 0.3) is 21.5 Å². The number of pyridine rings is 1. The molecule has 0 radical (unpaired) electrons. The Morgan fingerprint density at radius 3 is 3.00 bits per heavy atom. The highest BCUT2D eigenvalue weighted by atomic mass is 32.1. The first kappa shape index (κ1) is 12.0. The second-order valence-corrected chi connectivity index (χ2v) is 6.23. The maximum absolute atomic E-state index is 6.21. The van der Waals surface area contributed by atoms with Gasteiger partial charge in [-0.25, -0.2) is 4.98 Å². The first-order chi connectivity index (χ1) is 9.83. The standard InChI is InChI=1S/C16H15N3S/c17-12-5-3-7-14-15(12)20-16(19-14)11-8-9-18-13-6-2-1-4-10(11)13/h1-2,4,6,8-9,12H,3,5,7,17H2. The minimum Gasteiger partial charge on any atom is -0.323 e. The van der Waals surface area contributed by atoms with Crippen molar-refractivity contribution in [2.75, 3.05) is 0 Å². The first-order valence-electron chi connectivity index (χ1n) is 6.92. The van der Waals surface area contributed by atoms with E-state index in [9.17, 15) is 0 Å². The van der Waals surface area contributed by atoms with Crippen LogP contribution in [-0.2, 0) is 6.42 Å². The molecule has 0 saturated carbocycles. The van der Waals surface area contributed by atoms with Gasteiger partial charge < -0.3 is 5.73 Å². The van der Waals surface area contributed by atoms with E-state index in [1.165, 1.54) is 16.1 Å². The van der Waals surface area contributed by atoms with Gasteiger partial charge in [0.2, 0.25) is 0 Å². The molecule has 1 aliphatic carbocycles. The zero-order valence-electron chi connectivity index (χ0n) is 11.0. The van der Waals surface area contributed by atoms with E-state index in [0.29, 0.717) is 0 Å². The molecule has 0 spiro atoms. The fraction of sp³-hybridized carbons (Fsp3) is 0.250. The van der Waals surface area contributed by atoms with E-state index in [2.05, 4.69) is 17.1 Å². The largest absolute Gasteiger partial charge is 0.323 e. The van der Waals surface area contributed by atoms with Gasteiger partial charge in [0.05, 0.1) is 11.2 Å². The predicted molar refractivity (Wildman–Crippen MR) is 82.7 cm³/mol. The summed E-state index contributed by atoms with van der Waals surface area (Å²) in [5.74, 6) is 0. The number of benzene rings is 1. The van der Waals surface area contributed by atoms with Crippen LogP contribution in [0.15, 0.2) is 36.5 Å².